The second kappa shape index (κ2) is 8.19. The van der Waals surface area contributed by atoms with Crippen molar-refractivity contribution in [1.29, 1.82) is 0 Å². The Morgan fingerprint density at radius 3 is 1.97 bits per heavy atom. The topological polar surface area (TPSA) is 9.23 Å². The number of benzene rings is 3. The molecular weight excluding hydrogens is 394 g/mol. The van der Waals surface area contributed by atoms with Gasteiger partial charge in [0.15, 0.2) is 17.5 Å². The van der Waals surface area contributed by atoms with Crippen LogP contribution >= 0.6 is 0 Å². The molecule has 0 spiro atoms. The number of ether oxygens (including phenoxy) is 1. The Bertz CT molecular complexity index is 991. The first-order valence-electron chi connectivity index (χ1n) is 8.82. The van der Waals surface area contributed by atoms with Crippen molar-refractivity contribution in [2.24, 2.45) is 0 Å². The van der Waals surface area contributed by atoms with Crippen molar-refractivity contribution in [3.05, 3.63) is 89.0 Å². The standard InChI is InChI=1S/C22H16F6O/c1-2-3-13-4-9-17(18(23)10-13)14-5-7-15(8-6-14)22(27,28)29-16-11-19(24)21(26)20(25)12-16/h4-12H,2-3H2,1H3. The van der Waals surface area contributed by atoms with Gasteiger partial charge in [-0.25, -0.2) is 17.6 Å². The zero-order chi connectivity index (χ0) is 21.2. The van der Waals surface area contributed by atoms with Crippen LogP contribution in [0.15, 0.2) is 54.6 Å². The van der Waals surface area contributed by atoms with E-state index in [-0.39, 0.29) is 5.56 Å². The molecule has 1 nitrogen and oxygen atoms in total. The average Bonchev–Trinajstić information content (AvgIpc) is 2.66. The summed E-state index contributed by atoms with van der Waals surface area (Å²) in [5.41, 5.74) is 0.853. The van der Waals surface area contributed by atoms with E-state index >= 15 is 0 Å². The van der Waals surface area contributed by atoms with Gasteiger partial charge in [0.25, 0.3) is 0 Å². The molecular formula is C22H16F6O. The Morgan fingerprint density at radius 1 is 0.793 bits per heavy atom. The average molecular weight is 410 g/mol. The molecule has 3 aromatic rings. The molecule has 0 unspecified atom stereocenters. The highest BCUT2D eigenvalue weighted by Gasteiger charge is 2.35. The third kappa shape index (κ3) is 4.55. The van der Waals surface area contributed by atoms with Gasteiger partial charge in [0.2, 0.25) is 0 Å². The van der Waals surface area contributed by atoms with Gasteiger partial charge < -0.3 is 4.74 Å². The van der Waals surface area contributed by atoms with Crippen LogP contribution in [0.4, 0.5) is 26.3 Å². The van der Waals surface area contributed by atoms with Crippen LogP contribution in [-0.2, 0) is 12.5 Å². The zero-order valence-electron chi connectivity index (χ0n) is 15.3. The van der Waals surface area contributed by atoms with E-state index in [0.29, 0.717) is 17.7 Å². The van der Waals surface area contributed by atoms with Crippen molar-refractivity contribution in [3.63, 3.8) is 0 Å². The van der Waals surface area contributed by atoms with Gasteiger partial charge in [0, 0.05) is 17.7 Å². The summed E-state index contributed by atoms with van der Waals surface area (Å²) in [5, 5.41) is 0. The lowest BCUT2D eigenvalue weighted by atomic mass is 10.00. The van der Waals surface area contributed by atoms with Crippen LogP contribution in [0.3, 0.4) is 0 Å². The Morgan fingerprint density at radius 2 is 1.41 bits per heavy atom. The van der Waals surface area contributed by atoms with Gasteiger partial charge in [-0.1, -0.05) is 37.6 Å². The van der Waals surface area contributed by atoms with Crippen molar-refractivity contribution in [2.45, 2.75) is 25.9 Å². The quantitative estimate of drug-likeness (QED) is 0.314. The molecule has 0 saturated carbocycles. The third-order valence-corrected chi connectivity index (χ3v) is 4.31. The molecule has 0 atom stereocenters. The Kier molecular flexibility index (Phi) is 5.86. The number of hydrogen-bond acceptors (Lipinski definition) is 1. The molecule has 0 aliphatic heterocycles. The van der Waals surface area contributed by atoms with E-state index in [1.165, 1.54) is 18.2 Å². The number of alkyl halides is 2. The second-order valence-corrected chi connectivity index (χ2v) is 6.46. The molecule has 0 fully saturated rings. The van der Waals surface area contributed by atoms with Crippen molar-refractivity contribution in [3.8, 4) is 16.9 Å². The van der Waals surface area contributed by atoms with Gasteiger partial charge in [-0.05, 0) is 35.7 Å². The van der Waals surface area contributed by atoms with E-state index in [9.17, 15) is 26.3 Å². The summed E-state index contributed by atoms with van der Waals surface area (Å²) < 4.78 is 86.7. The first kappa shape index (κ1) is 20.8. The molecule has 29 heavy (non-hydrogen) atoms. The summed E-state index contributed by atoms with van der Waals surface area (Å²) in [5.74, 6) is -6.41. The monoisotopic (exact) mass is 410 g/mol. The fourth-order valence-electron chi connectivity index (χ4n) is 2.88. The summed E-state index contributed by atoms with van der Waals surface area (Å²) >= 11 is 0. The first-order valence-corrected chi connectivity index (χ1v) is 8.82. The van der Waals surface area contributed by atoms with Crippen LogP contribution in [0.2, 0.25) is 0 Å². The molecule has 0 aliphatic rings. The van der Waals surface area contributed by atoms with E-state index in [0.717, 1.165) is 30.5 Å². The van der Waals surface area contributed by atoms with Gasteiger partial charge in [0.1, 0.15) is 11.6 Å². The SMILES string of the molecule is CCCc1ccc(-c2ccc(C(F)(F)Oc3cc(F)c(F)c(F)c3)cc2)c(F)c1. The first-order chi connectivity index (χ1) is 13.7. The Hall–Kier alpha value is -2.96. The van der Waals surface area contributed by atoms with Crippen molar-refractivity contribution in [1.82, 2.24) is 0 Å². The maximum Gasteiger partial charge on any atom is 0.426 e. The molecule has 0 heterocycles. The lowest BCUT2D eigenvalue weighted by Gasteiger charge is -2.19. The van der Waals surface area contributed by atoms with Crippen LogP contribution in [0.5, 0.6) is 5.75 Å². The highest BCUT2D eigenvalue weighted by molar-refractivity contribution is 5.65. The van der Waals surface area contributed by atoms with Gasteiger partial charge in [-0.15, -0.1) is 0 Å². The summed E-state index contributed by atoms with van der Waals surface area (Å²) in [4.78, 5) is 0. The molecule has 0 saturated heterocycles. The summed E-state index contributed by atoms with van der Waals surface area (Å²) in [7, 11) is 0. The van der Waals surface area contributed by atoms with E-state index in [2.05, 4.69) is 4.74 Å². The van der Waals surface area contributed by atoms with Gasteiger partial charge >= 0.3 is 6.11 Å². The smallest absolute Gasteiger partial charge is 0.426 e. The summed E-state index contributed by atoms with van der Waals surface area (Å²) in [6.45, 7) is 1.97. The van der Waals surface area contributed by atoms with Crippen molar-refractivity contribution < 1.29 is 31.1 Å². The molecule has 0 aromatic heterocycles. The van der Waals surface area contributed by atoms with Gasteiger partial charge in [-0.2, -0.15) is 8.78 Å². The highest BCUT2D eigenvalue weighted by atomic mass is 19.3. The molecule has 0 aliphatic carbocycles. The Labute approximate surface area is 163 Å². The molecule has 0 radical (unpaired) electrons. The number of hydrogen-bond donors (Lipinski definition) is 0. The lowest BCUT2D eigenvalue weighted by molar-refractivity contribution is -0.185. The van der Waals surface area contributed by atoms with Crippen LogP contribution in [0, 0.1) is 23.3 Å². The predicted octanol–water partition coefficient (Wildman–Crippen LogP) is 6.99. The van der Waals surface area contributed by atoms with E-state index < -0.39 is 40.7 Å². The molecule has 152 valence electrons. The third-order valence-electron chi connectivity index (χ3n) is 4.31. The highest BCUT2D eigenvalue weighted by Crippen LogP contribution is 2.34. The minimum absolute atomic E-state index is 0.253. The van der Waals surface area contributed by atoms with Crippen LogP contribution in [0.1, 0.15) is 24.5 Å². The minimum Gasteiger partial charge on any atom is -0.429 e. The van der Waals surface area contributed by atoms with Gasteiger partial charge in [-0.3, -0.25) is 0 Å². The molecule has 0 N–H and O–H groups in total. The van der Waals surface area contributed by atoms with Crippen LogP contribution in [-0.4, -0.2) is 0 Å². The maximum absolute atomic E-state index is 14.3. The van der Waals surface area contributed by atoms with Crippen LogP contribution < -0.4 is 4.74 Å². The molecule has 3 aromatic carbocycles. The second-order valence-electron chi connectivity index (χ2n) is 6.46. The minimum atomic E-state index is -3.95. The maximum atomic E-state index is 14.3. The fraction of sp³-hybridized carbons (Fsp3) is 0.182. The van der Waals surface area contributed by atoms with Crippen LogP contribution in [0.25, 0.3) is 11.1 Å². The number of rotatable bonds is 6. The van der Waals surface area contributed by atoms with E-state index in [4.69, 9.17) is 0 Å². The summed E-state index contributed by atoms with van der Waals surface area (Å²) in [6, 6.07) is 10.0. The molecule has 0 bridgehead atoms. The fourth-order valence-corrected chi connectivity index (χ4v) is 2.88. The largest absolute Gasteiger partial charge is 0.429 e. The van der Waals surface area contributed by atoms with Gasteiger partial charge in [0.05, 0.1) is 5.56 Å². The molecule has 7 heteroatoms. The lowest BCUT2D eigenvalue weighted by Crippen LogP contribution is -2.22. The normalized spacial score (nSPS) is 11.6. The van der Waals surface area contributed by atoms with Crippen molar-refractivity contribution >= 4 is 0 Å². The number of halogens is 6. The number of aryl methyl sites for hydroxylation is 1. The molecule has 3 rings (SSSR count). The predicted molar refractivity (Wildman–Crippen MR) is 96.7 cm³/mol. The van der Waals surface area contributed by atoms with E-state index in [1.807, 2.05) is 6.92 Å². The summed E-state index contributed by atoms with van der Waals surface area (Å²) in [6.07, 6.45) is -2.35. The zero-order valence-corrected chi connectivity index (χ0v) is 15.3. The van der Waals surface area contributed by atoms with Crippen molar-refractivity contribution in [2.75, 3.05) is 0 Å². The molecule has 0 amide bonds. The Balaban J connectivity index is 1.83. The van der Waals surface area contributed by atoms with E-state index in [1.54, 1.807) is 12.1 Å².